The van der Waals surface area contributed by atoms with Gasteiger partial charge in [-0.25, -0.2) is 15.0 Å². The van der Waals surface area contributed by atoms with E-state index in [2.05, 4.69) is 47.1 Å². The number of rotatable bonds is 6. The van der Waals surface area contributed by atoms with Crippen molar-refractivity contribution < 1.29 is 9.72 Å². The number of hydrazine groups is 1. The third kappa shape index (κ3) is 4.32. The molecule has 1 aromatic carbocycles. The molecule has 0 radical (unpaired) electrons. The maximum absolute atomic E-state index is 12.3. The minimum Gasteiger partial charge on any atom is -0.332 e. The van der Waals surface area contributed by atoms with E-state index in [0.717, 1.165) is 6.33 Å². The van der Waals surface area contributed by atoms with Crippen LogP contribution < -0.4 is 16.2 Å². The molecule has 0 fully saturated rings. The van der Waals surface area contributed by atoms with E-state index in [0.29, 0.717) is 15.7 Å². The molecule has 0 unspecified atom stereocenters. The summed E-state index contributed by atoms with van der Waals surface area (Å²) < 4.78 is 0.570. The lowest BCUT2D eigenvalue weighted by Crippen LogP contribution is -2.30. The number of carbonyl (C=O) groups excluding carboxylic acids is 1. The Hall–Kier alpha value is -3.31. The highest BCUT2D eigenvalue weighted by molar-refractivity contribution is 9.10. The number of hydrogen-bond donors (Lipinski definition) is 3. The molecule has 2 aromatic heterocycles. The van der Waals surface area contributed by atoms with E-state index in [-0.39, 0.29) is 16.8 Å². The van der Waals surface area contributed by atoms with Crippen molar-refractivity contribution in [2.24, 2.45) is 0 Å². The van der Waals surface area contributed by atoms with E-state index in [9.17, 15) is 14.9 Å². The molecule has 28 heavy (non-hydrogen) atoms. The Kier molecular flexibility index (Phi) is 5.96. The molecule has 0 aliphatic carbocycles. The standard InChI is InChI=1S/C16H11BrClN7O3/c17-10-5-2-1-4-9(10)16(26)24-23-15-12(25(27)28)14(20-8-21-15)22-11-6-3-7-19-13(11)18/h1-8H,(H,24,26)(H2,20,21,22,23). The Labute approximate surface area is 171 Å². The van der Waals surface area contributed by atoms with Gasteiger partial charge in [-0.15, -0.1) is 0 Å². The van der Waals surface area contributed by atoms with E-state index >= 15 is 0 Å². The molecular weight excluding hydrogens is 454 g/mol. The first-order valence-electron chi connectivity index (χ1n) is 7.65. The first kappa shape index (κ1) is 19.5. The molecule has 0 bridgehead atoms. The van der Waals surface area contributed by atoms with Crippen LogP contribution in [0.15, 0.2) is 53.4 Å². The van der Waals surface area contributed by atoms with Crippen LogP contribution in [0.2, 0.25) is 5.15 Å². The van der Waals surface area contributed by atoms with Gasteiger partial charge in [0, 0.05) is 10.7 Å². The largest absolute Gasteiger partial charge is 0.355 e. The van der Waals surface area contributed by atoms with Crippen LogP contribution in [0.1, 0.15) is 10.4 Å². The van der Waals surface area contributed by atoms with Gasteiger partial charge < -0.3 is 5.32 Å². The van der Waals surface area contributed by atoms with E-state index in [1.165, 1.54) is 6.20 Å². The van der Waals surface area contributed by atoms with Crippen molar-refractivity contribution in [2.45, 2.75) is 0 Å². The number of carbonyl (C=O) groups is 1. The molecule has 0 aliphatic heterocycles. The van der Waals surface area contributed by atoms with Crippen molar-refractivity contribution in [3.63, 3.8) is 0 Å². The normalized spacial score (nSPS) is 10.2. The predicted octanol–water partition coefficient (Wildman–Crippen LogP) is 3.70. The Bertz CT molecular complexity index is 1050. The van der Waals surface area contributed by atoms with Gasteiger partial charge in [0.25, 0.3) is 5.91 Å². The van der Waals surface area contributed by atoms with E-state index in [4.69, 9.17) is 11.6 Å². The number of halogens is 2. The van der Waals surface area contributed by atoms with Crippen molar-refractivity contribution in [1.29, 1.82) is 0 Å². The van der Waals surface area contributed by atoms with Gasteiger partial charge in [0.05, 0.1) is 16.2 Å². The monoisotopic (exact) mass is 463 g/mol. The van der Waals surface area contributed by atoms with Crippen LogP contribution in [0.3, 0.4) is 0 Å². The van der Waals surface area contributed by atoms with Crippen LogP contribution in [-0.4, -0.2) is 25.8 Å². The van der Waals surface area contributed by atoms with E-state index in [1.807, 2.05) is 0 Å². The summed E-state index contributed by atoms with van der Waals surface area (Å²) >= 11 is 9.23. The number of nitro groups is 1. The fourth-order valence-electron chi connectivity index (χ4n) is 2.17. The summed E-state index contributed by atoms with van der Waals surface area (Å²) in [6.45, 7) is 0. The molecule has 1 amide bonds. The van der Waals surface area contributed by atoms with Gasteiger partial charge in [0.2, 0.25) is 11.6 Å². The minimum absolute atomic E-state index is 0.118. The quantitative estimate of drug-likeness (QED) is 0.285. The Morgan fingerprint density at radius 1 is 1.11 bits per heavy atom. The van der Waals surface area contributed by atoms with E-state index < -0.39 is 16.5 Å². The van der Waals surface area contributed by atoms with Crippen molar-refractivity contribution >= 4 is 56.4 Å². The molecule has 0 saturated heterocycles. The fourth-order valence-corrected chi connectivity index (χ4v) is 2.80. The highest BCUT2D eigenvalue weighted by Gasteiger charge is 2.24. The molecule has 142 valence electrons. The van der Waals surface area contributed by atoms with Crippen LogP contribution in [0.25, 0.3) is 0 Å². The summed E-state index contributed by atoms with van der Waals surface area (Å²) in [5, 5.41) is 14.4. The van der Waals surface area contributed by atoms with Gasteiger partial charge in [-0.2, -0.15) is 0 Å². The zero-order valence-electron chi connectivity index (χ0n) is 13.9. The molecule has 0 aliphatic rings. The third-order valence-electron chi connectivity index (χ3n) is 3.43. The van der Waals surface area contributed by atoms with Crippen LogP contribution in [0.5, 0.6) is 0 Å². The lowest BCUT2D eigenvalue weighted by molar-refractivity contribution is -0.383. The number of anilines is 3. The average molecular weight is 465 g/mol. The van der Waals surface area contributed by atoms with Crippen molar-refractivity contribution in [2.75, 3.05) is 10.7 Å². The number of pyridine rings is 1. The molecule has 12 heteroatoms. The van der Waals surface area contributed by atoms with E-state index in [1.54, 1.807) is 36.4 Å². The highest BCUT2D eigenvalue weighted by atomic mass is 79.9. The number of hydrogen-bond acceptors (Lipinski definition) is 8. The summed E-state index contributed by atoms with van der Waals surface area (Å²) in [5.41, 5.74) is 5.02. The van der Waals surface area contributed by atoms with Crippen LogP contribution in [-0.2, 0) is 0 Å². The summed E-state index contributed by atoms with van der Waals surface area (Å²) in [5.74, 6) is -0.833. The van der Waals surface area contributed by atoms with Crippen molar-refractivity contribution in [1.82, 2.24) is 20.4 Å². The molecule has 0 atom stereocenters. The summed E-state index contributed by atoms with van der Waals surface area (Å²) in [6, 6.07) is 9.92. The van der Waals surface area contributed by atoms with Gasteiger partial charge in [-0.3, -0.25) is 25.8 Å². The number of nitrogens with zero attached hydrogens (tertiary/aromatic N) is 4. The molecule has 3 aromatic rings. The predicted molar refractivity (Wildman–Crippen MR) is 106 cm³/mol. The number of aromatic nitrogens is 3. The molecule has 3 N–H and O–H groups in total. The van der Waals surface area contributed by atoms with Gasteiger partial charge in [-0.05, 0) is 40.2 Å². The maximum atomic E-state index is 12.3. The second-order valence-electron chi connectivity index (χ2n) is 5.20. The zero-order chi connectivity index (χ0) is 20.1. The smallest absolute Gasteiger partial charge is 0.332 e. The Balaban J connectivity index is 1.85. The van der Waals surface area contributed by atoms with Crippen LogP contribution in [0, 0.1) is 10.1 Å². The van der Waals surface area contributed by atoms with Gasteiger partial charge in [-0.1, -0.05) is 23.7 Å². The Morgan fingerprint density at radius 2 is 1.86 bits per heavy atom. The minimum atomic E-state index is -0.681. The first-order chi connectivity index (χ1) is 13.5. The molecule has 0 saturated carbocycles. The van der Waals surface area contributed by atoms with Gasteiger partial charge >= 0.3 is 5.69 Å². The van der Waals surface area contributed by atoms with Crippen LogP contribution >= 0.6 is 27.5 Å². The molecule has 3 rings (SSSR count). The van der Waals surface area contributed by atoms with Crippen molar-refractivity contribution in [3.8, 4) is 0 Å². The number of amides is 1. The number of nitrogens with one attached hydrogen (secondary N) is 3. The lowest BCUT2D eigenvalue weighted by Gasteiger charge is -2.11. The SMILES string of the molecule is O=C(NNc1ncnc(Nc2cccnc2Cl)c1[N+](=O)[O-])c1ccccc1Br. The first-order valence-corrected chi connectivity index (χ1v) is 8.82. The molecule has 2 heterocycles. The van der Waals surface area contributed by atoms with Gasteiger partial charge in [0.1, 0.15) is 6.33 Å². The number of benzene rings is 1. The van der Waals surface area contributed by atoms with Crippen LogP contribution in [0.4, 0.5) is 23.0 Å². The topological polar surface area (TPSA) is 135 Å². The maximum Gasteiger partial charge on any atom is 0.355 e. The third-order valence-corrected chi connectivity index (χ3v) is 4.42. The van der Waals surface area contributed by atoms with Gasteiger partial charge in [0.15, 0.2) is 5.15 Å². The zero-order valence-corrected chi connectivity index (χ0v) is 16.2. The molecule has 0 spiro atoms. The second kappa shape index (κ2) is 8.59. The summed E-state index contributed by atoms with van der Waals surface area (Å²) in [4.78, 5) is 34.8. The molecular formula is C16H11BrClN7O3. The lowest BCUT2D eigenvalue weighted by atomic mass is 10.2. The fraction of sp³-hybridized carbons (Fsp3) is 0. The molecule has 10 nitrogen and oxygen atoms in total. The Morgan fingerprint density at radius 3 is 2.57 bits per heavy atom. The average Bonchev–Trinajstić information content (AvgIpc) is 2.68. The second-order valence-corrected chi connectivity index (χ2v) is 6.41. The highest BCUT2D eigenvalue weighted by Crippen LogP contribution is 2.32. The van der Waals surface area contributed by atoms with Crippen molar-refractivity contribution in [3.05, 3.63) is 74.2 Å². The summed E-state index contributed by atoms with van der Waals surface area (Å²) in [6.07, 6.45) is 2.58. The summed E-state index contributed by atoms with van der Waals surface area (Å²) in [7, 11) is 0.